The number of hydrogen-bond donors (Lipinski definition) is 8. The normalized spacial score (nSPS) is 14.1. The first-order valence-electron chi connectivity index (χ1n) is 10.9. The minimum Gasteiger partial charge on any atom is -0.480 e. The van der Waals surface area contributed by atoms with E-state index in [2.05, 4.69) is 25.9 Å². The average Bonchev–Trinajstić information content (AvgIpc) is 3.34. The lowest BCUT2D eigenvalue weighted by molar-refractivity contribution is -0.142. The number of nitrogens with two attached hydrogens (primary N) is 2. The molecule has 36 heavy (non-hydrogen) atoms. The third-order valence-corrected chi connectivity index (χ3v) is 5.08. The highest BCUT2D eigenvalue weighted by Crippen LogP contribution is 2.06. The van der Waals surface area contributed by atoms with Crippen LogP contribution >= 0.6 is 0 Å². The Hall–Kier alpha value is -4.30. The summed E-state index contributed by atoms with van der Waals surface area (Å²) >= 11 is 0. The number of nitrogens with one attached hydrogen (secondary N) is 4. The lowest BCUT2D eigenvalue weighted by Crippen LogP contribution is -2.58. The van der Waals surface area contributed by atoms with Crippen molar-refractivity contribution < 1.29 is 34.2 Å². The molecule has 2 rings (SSSR count). The van der Waals surface area contributed by atoms with Crippen molar-refractivity contribution in [2.45, 2.75) is 43.4 Å². The first kappa shape index (κ1) is 27.9. The second-order valence-corrected chi connectivity index (χ2v) is 7.95. The van der Waals surface area contributed by atoms with Crippen LogP contribution in [0.15, 0.2) is 42.9 Å². The Kier molecular flexibility index (Phi) is 10.5. The van der Waals surface area contributed by atoms with Crippen LogP contribution in [0.3, 0.4) is 0 Å². The van der Waals surface area contributed by atoms with Gasteiger partial charge >= 0.3 is 5.97 Å². The van der Waals surface area contributed by atoms with E-state index in [1.54, 1.807) is 30.3 Å². The van der Waals surface area contributed by atoms with Gasteiger partial charge in [0, 0.05) is 24.7 Å². The van der Waals surface area contributed by atoms with Crippen LogP contribution in [0.25, 0.3) is 0 Å². The van der Waals surface area contributed by atoms with E-state index in [0.29, 0.717) is 11.3 Å². The van der Waals surface area contributed by atoms with E-state index in [0.717, 1.165) is 0 Å². The van der Waals surface area contributed by atoms with Crippen LogP contribution in [-0.4, -0.2) is 80.6 Å². The molecule has 0 saturated heterocycles. The van der Waals surface area contributed by atoms with Crippen molar-refractivity contribution in [3.05, 3.63) is 54.1 Å². The standard InChI is InChI=1S/C22H29N7O7/c23-14(8-18(24)31)19(32)29-17(10-30)21(34)27-15(6-12-4-2-1-3-5-12)20(33)28-16(22(35)36)7-13-9-25-11-26-13/h1-5,9,11,14-17,30H,6-8,10,23H2,(H2,24,31)(H,25,26)(H,27,34)(H,28,33)(H,29,32)(H,35,36). The number of carbonyl (C=O) groups excluding carboxylic acids is 4. The van der Waals surface area contributed by atoms with Crippen LogP contribution in [0.1, 0.15) is 17.7 Å². The molecule has 1 aromatic heterocycles. The molecule has 0 fully saturated rings. The van der Waals surface area contributed by atoms with Crippen molar-refractivity contribution >= 4 is 29.6 Å². The predicted molar refractivity (Wildman–Crippen MR) is 125 cm³/mol. The largest absolute Gasteiger partial charge is 0.480 e. The SMILES string of the molecule is NC(=O)CC(N)C(=O)NC(CO)C(=O)NC(Cc1ccccc1)C(=O)NC(Cc1cnc[nH]1)C(=O)O. The monoisotopic (exact) mass is 503 g/mol. The molecule has 1 aromatic carbocycles. The molecule has 0 aliphatic carbocycles. The lowest BCUT2D eigenvalue weighted by Gasteiger charge is -2.24. The maximum atomic E-state index is 13.1. The third-order valence-electron chi connectivity index (χ3n) is 5.08. The topological polar surface area (TPSA) is 243 Å². The van der Waals surface area contributed by atoms with E-state index < -0.39 is 66.8 Å². The molecule has 0 aliphatic heterocycles. The summed E-state index contributed by atoms with van der Waals surface area (Å²) in [5.41, 5.74) is 11.7. The van der Waals surface area contributed by atoms with Crippen molar-refractivity contribution in [1.82, 2.24) is 25.9 Å². The fourth-order valence-electron chi connectivity index (χ4n) is 3.20. The van der Waals surface area contributed by atoms with E-state index >= 15 is 0 Å². The molecule has 0 saturated carbocycles. The minimum absolute atomic E-state index is 0.0118. The van der Waals surface area contributed by atoms with Crippen molar-refractivity contribution in [3.63, 3.8) is 0 Å². The number of aromatic amines is 1. The number of hydrogen-bond acceptors (Lipinski definition) is 8. The molecule has 14 heteroatoms. The Labute approximate surface area is 205 Å². The van der Waals surface area contributed by atoms with Gasteiger partial charge in [-0.15, -0.1) is 0 Å². The fraction of sp³-hybridized carbons (Fsp3) is 0.364. The predicted octanol–water partition coefficient (Wildman–Crippen LogP) is -3.07. The fourth-order valence-corrected chi connectivity index (χ4v) is 3.20. The molecule has 10 N–H and O–H groups in total. The number of carbonyl (C=O) groups is 5. The van der Waals surface area contributed by atoms with Crippen LogP contribution < -0.4 is 27.4 Å². The third kappa shape index (κ3) is 8.81. The van der Waals surface area contributed by atoms with Gasteiger partial charge in [-0.2, -0.15) is 0 Å². The molecule has 0 radical (unpaired) electrons. The molecular formula is C22H29N7O7. The molecule has 0 spiro atoms. The number of H-pyrrole nitrogens is 1. The molecule has 0 aliphatic rings. The summed E-state index contributed by atoms with van der Waals surface area (Å²) in [6, 6.07) is 3.20. The van der Waals surface area contributed by atoms with E-state index in [1.165, 1.54) is 12.5 Å². The molecule has 194 valence electrons. The molecule has 0 bridgehead atoms. The van der Waals surface area contributed by atoms with Gasteiger partial charge in [-0.1, -0.05) is 30.3 Å². The van der Waals surface area contributed by atoms with Crippen molar-refractivity contribution in [2.75, 3.05) is 6.61 Å². The Balaban J connectivity index is 2.16. The number of aromatic nitrogens is 2. The van der Waals surface area contributed by atoms with E-state index in [1.807, 2.05) is 0 Å². The smallest absolute Gasteiger partial charge is 0.326 e. The van der Waals surface area contributed by atoms with Crippen LogP contribution in [0.5, 0.6) is 0 Å². The van der Waals surface area contributed by atoms with Crippen LogP contribution in [0.2, 0.25) is 0 Å². The summed E-state index contributed by atoms with van der Waals surface area (Å²) in [4.78, 5) is 67.3. The summed E-state index contributed by atoms with van der Waals surface area (Å²) in [6.07, 6.45) is 2.22. The minimum atomic E-state index is -1.50. The second-order valence-electron chi connectivity index (χ2n) is 7.95. The zero-order chi connectivity index (χ0) is 26.7. The van der Waals surface area contributed by atoms with Gasteiger partial charge in [0.1, 0.15) is 18.1 Å². The van der Waals surface area contributed by atoms with Gasteiger partial charge in [0.25, 0.3) is 0 Å². The number of aliphatic hydroxyl groups is 1. The number of aliphatic carboxylic acids is 1. The van der Waals surface area contributed by atoms with E-state index in [9.17, 15) is 34.2 Å². The summed E-state index contributed by atoms with van der Waals surface area (Å²) in [7, 11) is 0. The summed E-state index contributed by atoms with van der Waals surface area (Å²) in [5.74, 6) is -4.75. The Bertz CT molecular complexity index is 1050. The summed E-state index contributed by atoms with van der Waals surface area (Å²) in [5, 5.41) is 26.2. The summed E-state index contributed by atoms with van der Waals surface area (Å²) < 4.78 is 0. The highest BCUT2D eigenvalue weighted by atomic mass is 16.4. The Morgan fingerprint density at radius 2 is 1.53 bits per heavy atom. The Morgan fingerprint density at radius 3 is 2.08 bits per heavy atom. The maximum absolute atomic E-state index is 13.1. The summed E-state index contributed by atoms with van der Waals surface area (Å²) in [6.45, 7) is -0.835. The maximum Gasteiger partial charge on any atom is 0.326 e. The molecule has 4 unspecified atom stereocenters. The van der Waals surface area contributed by atoms with Gasteiger partial charge in [0.05, 0.1) is 25.4 Å². The molecular weight excluding hydrogens is 474 g/mol. The molecule has 2 aromatic rings. The zero-order valence-corrected chi connectivity index (χ0v) is 19.2. The van der Waals surface area contributed by atoms with E-state index in [-0.39, 0.29) is 12.8 Å². The van der Waals surface area contributed by atoms with Gasteiger partial charge < -0.3 is 42.6 Å². The van der Waals surface area contributed by atoms with Crippen molar-refractivity contribution in [1.29, 1.82) is 0 Å². The molecule has 4 atom stereocenters. The number of carboxylic acid groups (broad SMARTS) is 1. The van der Waals surface area contributed by atoms with Crippen LogP contribution in [0.4, 0.5) is 0 Å². The molecule has 14 nitrogen and oxygen atoms in total. The second kappa shape index (κ2) is 13.6. The number of aliphatic hydroxyl groups excluding tert-OH is 1. The number of primary amides is 1. The Morgan fingerprint density at radius 1 is 0.917 bits per heavy atom. The van der Waals surface area contributed by atoms with Crippen molar-refractivity contribution in [2.24, 2.45) is 11.5 Å². The number of imidazole rings is 1. The number of benzene rings is 1. The quantitative estimate of drug-likeness (QED) is 0.130. The zero-order valence-electron chi connectivity index (χ0n) is 19.2. The lowest BCUT2D eigenvalue weighted by atomic mass is 10.0. The van der Waals surface area contributed by atoms with Gasteiger partial charge in [-0.05, 0) is 5.56 Å². The van der Waals surface area contributed by atoms with Gasteiger partial charge in [0.2, 0.25) is 23.6 Å². The number of rotatable bonds is 14. The number of amides is 4. The first-order valence-corrected chi connectivity index (χ1v) is 10.9. The van der Waals surface area contributed by atoms with Gasteiger partial charge in [-0.3, -0.25) is 19.2 Å². The van der Waals surface area contributed by atoms with Gasteiger partial charge in [0.15, 0.2) is 0 Å². The highest BCUT2D eigenvalue weighted by Gasteiger charge is 2.30. The molecule has 4 amide bonds. The van der Waals surface area contributed by atoms with Crippen LogP contribution in [-0.2, 0) is 36.8 Å². The van der Waals surface area contributed by atoms with Gasteiger partial charge in [-0.25, -0.2) is 9.78 Å². The van der Waals surface area contributed by atoms with Crippen molar-refractivity contribution in [3.8, 4) is 0 Å². The van der Waals surface area contributed by atoms with Crippen LogP contribution in [0, 0.1) is 0 Å². The van der Waals surface area contributed by atoms with E-state index in [4.69, 9.17) is 11.5 Å². The highest BCUT2D eigenvalue weighted by molar-refractivity contribution is 5.95. The average molecular weight is 504 g/mol. The molecule has 1 heterocycles. The number of carboxylic acids is 1. The first-order chi connectivity index (χ1) is 17.1. The number of nitrogens with zero attached hydrogens (tertiary/aromatic N) is 1.